The minimum atomic E-state index is -0.201. The lowest BCUT2D eigenvalue weighted by molar-refractivity contribution is -0.120. The molecule has 3 heteroatoms. The maximum atomic E-state index is 12.0. The molecule has 1 aromatic carbocycles. The molecule has 0 saturated carbocycles. The summed E-state index contributed by atoms with van der Waals surface area (Å²) in [5.41, 5.74) is 3.44. The third-order valence-corrected chi connectivity index (χ3v) is 3.25. The van der Waals surface area contributed by atoms with Gasteiger partial charge in [-0.25, -0.2) is 0 Å². The van der Waals surface area contributed by atoms with Crippen molar-refractivity contribution in [3.05, 3.63) is 41.1 Å². The lowest BCUT2D eigenvalue weighted by Crippen LogP contribution is -2.14. The highest BCUT2D eigenvalue weighted by atomic mass is 16.1. The van der Waals surface area contributed by atoms with Crippen molar-refractivity contribution in [3.8, 4) is 0 Å². The predicted molar refractivity (Wildman–Crippen MR) is 82.8 cm³/mol. The van der Waals surface area contributed by atoms with Crippen molar-refractivity contribution >= 4 is 17.3 Å². The van der Waals surface area contributed by atoms with E-state index < -0.39 is 0 Å². The van der Waals surface area contributed by atoms with Gasteiger partial charge in [0, 0.05) is 18.3 Å². The molecule has 0 aliphatic carbocycles. The van der Waals surface area contributed by atoms with E-state index in [0.717, 1.165) is 11.3 Å². The highest BCUT2D eigenvalue weighted by molar-refractivity contribution is 6.19. The van der Waals surface area contributed by atoms with Crippen molar-refractivity contribution in [2.24, 2.45) is 5.92 Å². The normalized spacial score (nSPS) is 11.6. The predicted octanol–water partition coefficient (Wildman–Crippen LogP) is 3.80. The van der Waals surface area contributed by atoms with Crippen molar-refractivity contribution in [2.45, 2.75) is 41.0 Å². The van der Waals surface area contributed by atoms with Gasteiger partial charge in [-0.15, -0.1) is 0 Å². The number of Topliss-reactive ketones (excluding diaryl/α,β-unsaturated/α-hetero) is 2. The topological polar surface area (TPSA) is 46.2 Å². The lowest BCUT2D eigenvalue weighted by atomic mass is 9.99. The van der Waals surface area contributed by atoms with Gasteiger partial charge in [0.25, 0.3) is 0 Å². The van der Waals surface area contributed by atoms with Crippen molar-refractivity contribution in [1.29, 1.82) is 0 Å². The number of nitrogens with one attached hydrogen (secondary N) is 1. The van der Waals surface area contributed by atoms with Crippen LogP contribution < -0.4 is 5.32 Å². The zero-order valence-corrected chi connectivity index (χ0v) is 12.9. The van der Waals surface area contributed by atoms with Crippen LogP contribution in [0.25, 0.3) is 0 Å². The van der Waals surface area contributed by atoms with Gasteiger partial charge in [-0.05, 0) is 43.9 Å². The zero-order chi connectivity index (χ0) is 15.3. The highest BCUT2D eigenvalue weighted by Gasteiger charge is 2.15. The third kappa shape index (κ3) is 4.34. The Morgan fingerprint density at radius 3 is 2.45 bits per heavy atom. The fourth-order valence-electron chi connectivity index (χ4n) is 1.92. The van der Waals surface area contributed by atoms with Crippen molar-refractivity contribution in [1.82, 2.24) is 0 Å². The van der Waals surface area contributed by atoms with Crippen LogP contribution in [0.4, 0.5) is 5.69 Å². The van der Waals surface area contributed by atoms with Crippen LogP contribution in [-0.2, 0) is 9.59 Å². The molecule has 0 heterocycles. The summed E-state index contributed by atoms with van der Waals surface area (Å²) in [4.78, 5) is 23.6. The molecule has 0 aliphatic heterocycles. The van der Waals surface area contributed by atoms with E-state index in [1.165, 1.54) is 18.7 Å². The number of aryl methyl sites for hydroxylation is 1. The number of anilines is 1. The summed E-state index contributed by atoms with van der Waals surface area (Å²) in [6, 6.07) is 5.91. The second kappa shape index (κ2) is 7.04. The number of allylic oxidation sites excluding steroid dienone is 1. The summed E-state index contributed by atoms with van der Waals surface area (Å²) in [6.45, 7) is 9.39. The molecule has 0 fully saturated rings. The molecular formula is C17H23NO2. The molecule has 3 nitrogen and oxygen atoms in total. The number of rotatable bonds is 6. The Hall–Kier alpha value is -1.90. The molecule has 0 unspecified atom stereocenters. The van der Waals surface area contributed by atoms with Gasteiger partial charge in [-0.3, -0.25) is 9.59 Å². The van der Waals surface area contributed by atoms with Crippen LogP contribution in [0.5, 0.6) is 0 Å². The van der Waals surface area contributed by atoms with E-state index in [9.17, 15) is 9.59 Å². The van der Waals surface area contributed by atoms with E-state index in [-0.39, 0.29) is 23.1 Å². The second-order valence-electron chi connectivity index (χ2n) is 5.53. The summed E-state index contributed by atoms with van der Waals surface area (Å²) in [7, 11) is 0. The van der Waals surface area contributed by atoms with E-state index in [2.05, 4.69) is 5.32 Å². The second-order valence-corrected chi connectivity index (χ2v) is 5.53. The molecule has 108 valence electrons. The number of carbonyl (C=O) groups is 2. The molecule has 0 radical (unpaired) electrons. The quantitative estimate of drug-likeness (QED) is 0.487. The smallest absolute Gasteiger partial charge is 0.168 e. The van der Waals surface area contributed by atoms with Crippen molar-refractivity contribution in [2.75, 3.05) is 5.32 Å². The zero-order valence-electron chi connectivity index (χ0n) is 12.9. The molecule has 0 aliphatic rings. The summed E-state index contributed by atoms with van der Waals surface area (Å²) in [5, 5.41) is 3.09. The Kier molecular flexibility index (Phi) is 5.68. The van der Waals surface area contributed by atoms with Crippen LogP contribution in [0.1, 0.15) is 38.3 Å². The van der Waals surface area contributed by atoms with Crippen LogP contribution in [0.2, 0.25) is 0 Å². The first kappa shape index (κ1) is 16.2. The third-order valence-electron chi connectivity index (χ3n) is 3.25. The van der Waals surface area contributed by atoms with Gasteiger partial charge < -0.3 is 5.32 Å². The first-order chi connectivity index (χ1) is 9.32. The molecule has 0 saturated heterocycles. The maximum Gasteiger partial charge on any atom is 0.168 e. The number of hydrogen-bond donors (Lipinski definition) is 1. The number of carbonyl (C=O) groups excluding carboxylic acids is 2. The molecular weight excluding hydrogens is 250 g/mol. The van der Waals surface area contributed by atoms with Crippen LogP contribution in [-0.4, -0.2) is 11.6 Å². The van der Waals surface area contributed by atoms with Crippen LogP contribution in [0.3, 0.4) is 0 Å². The molecule has 0 amide bonds. The monoisotopic (exact) mass is 273 g/mol. The fraction of sp³-hybridized carbons (Fsp3) is 0.412. The Bertz CT molecular complexity index is 542. The Balaban J connectivity index is 2.96. The largest absolute Gasteiger partial charge is 0.361 e. The summed E-state index contributed by atoms with van der Waals surface area (Å²) < 4.78 is 0. The number of benzene rings is 1. The first-order valence-electron chi connectivity index (χ1n) is 6.90. The molecule has 20 heavy (non-hydrogen) atoms. The fourth-order valence-corrected chi connectivity index (χ4v) is 1.92. The molecule has 1 aromatic rings. The van der Waals surface area contributed by atoms with E-state index >= 15 is 0 Å². The molecule has 0 atom stereocenters. The minimum absolute atomic E-state index is 0.106. The van der Waals surface area contributed by atoms with Crippen molar-refractivity contribution < 1.29 is 9.59 Å². The molecule has 0 aromatic heterocycles. The van der Waals surface area contributed by atoms with Gasteiger partial charge in [0.05, 0.1) is 5.57 Å². The average Bonchev–Trinajstić information content (AvgIpc) is 2.33. The first-order valence-corrected chi connectivity index (χ1v) is 6.90. The Morgan fingerprint density at radius 1 is 1.25 bits per heavy atom. The molecule has 0 bridgehead atoms. The molecule has 0 spiro atoms. The van der Waals surface area contributed by atoms with Gasteiger partial charge in [-0.2, -0.15) is 0 Å². The standard InChI is InChI=1S/C17H23NO2/c1-11(2)9-17(20)15(14(5)19)10-18-16-8-6-7-12(3)13(16)4/h6-8,10-11,18H,9H2,1-5H3/b15-10-. The summed E-state index contributed by atoms with van der Waals surface area (Å²) >= 11 is 0. The van der Waals surface area contributed by atoms with Gasteiger partial charge in [0.15, 0.2) is 11.6 Å². The van der Waals surface area contributed by atoms with E-state index in [0.29, 0.717) is 6.42 Å². The average molecular weight is 273 g/mol. The lowest BCUT2D eigenvalue weighted by Gasteiger charge is -2.10. The Morgan fingerprint density at radius 2 is 1.90 bits per heavy atom. The highest BCUT2D eigenvalue weighted by Crippen LogP contribution is 2.18. The van der Waals surface area contributed by atoms with E-state index in [1.54, 1.807) is 0 Å². The van der Waals surface area contributed by atoms with Gasteiger partial charge >= 0.3 is 0 Å². The Labute approximate surface area is 121 Å². The molecule has 1 N–H and O–H groups in total. The summed E-state index contributed by atoms with van der Waals surface area (Å²) in [5.74, 6) is -0.0651. The van der Waals surface area contributed by atoms with Crippen LogP contribution in [0, 0.1) is 19.8 Å². The minimum Gasteiger partial charge on any atom is -0.361 e. The maximum absolute atomic E-state index is 12.0. The van der Waals surface area contributed by atoms with Crippen molar-refractivity contribution in [3.63, 3.8) is 0 Å². The van der Waals surface area contributed by atoms with Crippen LogP contribution >= 0.6 is 0 Å². The van der Waals surface area contributed by atoms with Gasteiger partial charge in [0.1, 0.15) is 0 Å². The van der Waals surface area contributed by atoms with Crippen LogP contribution in [0.15, 0.2) is 30.0 Å². The summed E-state index contributed by atoms with van der Waals surface area (Å²) in [6.07, 6.45) is 1.93. The molecule has 1 rings (SSSR count). The number of ketones is 2. The van der Waals surface area contributed by atoms with Gasteiger partial charge in [0.2, 0.25) is 0 Å². The SMILES string of the molecule is CC(=O)/C(=C/Nc1cccc(C)c1C)C(=O)CC(C)C. The van der Waals surface area contributed by atoms with E-state index in [4.69, 9.17) is 0 Å². The number of hydrogen-bond acceptors (Lipinski definition) is 3. The van der Waals surface area contributed by atoms with Gasteiger partial charge in [-0.1, -0.05) is 26.0 Å². The van der Waals surface area contributed by atoms with E-state index in [1.807, 2.05) is 45.9 Å².